The van der Waals surface area contributed by atoms with E-state index in [1.165, 1.54) is 0 Å². The summed E-state index contributed by atoms with van der Waals surface area (Å²) in [7, 11) is 0. The van der Waals surface area contributed by atoms with Gasteiger partial charge in [0.15, 0.2) is 0 Å². The second-order valence-corrected chi connectivity index (χ2v) is 4.40. The smallest absolute Gasteiger partial charge is 0.135 e. The average Bonchev–Trinajstić information content (AvgIpc) is 2.18. The molecule has 0 aliphatic carbocycles. The lowest BCUT2D eigenvalue weighted by molar-refractivity contribution is -0.116. The van der Waals surface area contributed by atoms with Gasteiger partial charge in [-0.3, -0.25) is 9.78 Å². The number of rotatable bonds is 2. The highest BCUT2D eigenvalue weighted by molar-refractivity contribution is 6.35. The zero-order chi connectivity index (χ0) is 11.7. The van der Waals surface area contributed by atoms with Gasteiger partial charge in [-0.05, 0) is 32.0 Å². The number of aryl methyl sites for hydroxylation is 1. The second-order valence-electron chi connectivity index (χ2n) is 3.99. The number of carbonyl (C=O) groups is 1. The van der Waals surface area contributed by atoms with Crippen molar-refractivity contribution in [1.29, 1.82) is 0 Å². The minimum atomic E-state index is 0.0926. The third-order valence-electron chi connectivity index (χ3n) is 2.40. The molecule has 1 heterocycles. The number of carbonyl (C=O) groups excluding carboxylic acids is 1. The van der Waals surface area contributed by atoms with Crippen LogP contribution in [0.5, 0.6) is 0 Å². The van der Waals surface area contributed by atoms with E-state index in [1.54, 1.807) is 13.0 Å². The minimum absolute atomic E-state index is 0.0926. The standard InChI is InChI=1S/C13H12ClNO/c1-8-3-4-13-11(5-8)12(14)7-10(15-13)6-9(2)16/h3-5,7H,6H2,1-2H3. The summed E-state index contributed by atoms with van der Waals surface area (Å²) < 4.78 is 0. The number of halogens is 1. The van der Waals surface area contributed by atoms with Crippen molar-refractivity contribution in [3.63, 3.8) is 0 Å². The lowest BCUT2D eigenvalue weighted by Gasteiger charge is -2.04. The molecular formula is C13H12ClNO. The molecule has 1 aromatic carbocycles. The number of aromatic nitrogens is 1. The van der Waals surface area contributed by atoms with Crippen molar-refractivity contribution in [1.82, 2.24) is 4.98 Å². The van der Waals surface area contributed by atoms with Gasteiger partial charge in [0, 0.05) is 17.5 Å². The van der Waals surface area contributed by atoms with Gasteiger partial charge in [-0.15, -0.1) is 0 Å². The van der Waals surface area contributed by atoms with Gasteiger partial charge in [0.25, 0.3) is 0 Å². The Morgan fingerprint density at radius 2 is 2.12 bits per heavy atom. The first-order valence-corrected chi connectivity index (χ1v) is 5.49. The number of hydrogen-bond donors (Lipinski definition) is 0. The molecule has 1 aromatic heterocycles. The number of Topliss-reactive ketones (excluding diaryl/α,β-unsaturated/α-hetero) is 1. The summed E-state index contributed by atoms with van der Waals surface area (Å²) >= 11 is 6.17. The van der Waals surface area contributed by atoms with E-state index in [2.05, 4.69) is 4.98 Å². The molecule has 0 radical (unpaired) electrons. The van der Waals surface area contributed by atoms with Crippen molar-refractivity contribution >= 4 is 28.3 Å². The van der Waals surface area contributed by atoms with Crippen molar-refractivity contribution in [2.24, 2.45) is 0 Å². The third-order valence-corrected chi connectivity index (χ3v) is 2.71. The Kier molecular flexibility index (Phi) is 2.92. The van der Waals surface area contributed by atoms with Gasteiger partial charge in [0.1, 0.15) is 5.78 Å². The maximum atomic E-state index is 11.0. The number of fused-ring (bicyclic) bond motifs is 1. The Morgan fingerprint density at radius 1 is 1.38 bits per heavy atom. The Hall–Kier alpha value is -1.41. The van der Waals surface area contributed by atoms with Crippen molar-refractivity contribution in [2.75, 3.05) is 0 Å². The van der Waals surface area contributed by atoms with Gasteiger partial charge in [0.05, 0.1) is 10.5 Å². The Morgan fingerprint density at radius 3 is 2.81 bits per heavy atom. The van der Waals surface area contributed by atoms with Gasteiger partial charge in [0.2, 0.25) is 0 Å². The van der Waals surface area contributed by atoms with Crippen LogP contribution < -0.4 is 0 Å². The highest BCUT2D eigenvalue weighted by atomic mass is 35.5. The molecule has 2 aromatic rings. The zero-order valence-corrected chi connectivity index (χ0v) is 10.0. The van der Waals surface area contributed by atoms with Crippen molar-refractivity contribution < 1.29 is 4.79 Å². The van der Waals surface area contributed by atoms with Crippen molar-refractivity contribution in [3.8, 4) is 0 Å². The first-order chi connectivity index (χ1) is 7.56. The summed E-state index contributed by atoms with van der Waals surface area (Å²) in [6.45, 7) is 3.56. The molecule has 0 bridgehead atoms. The van der Waals surface area contributed by atoms with Gasteiger partial charge in [-0.1, -0.05) is 23.2 Å². The maximum absolute atomic E-state index is 11.0. The van der Waals surface area contributed by atoms with E-state index in [0.29, 0.717) is 11.4 Å². The quantitative estimate of drug-likeness (QED) is 0.797. The molecule has 16 heavy (non-hydrogen) atoms. The summed E-state index contributed by atoms with van der Waals surface area (Å²) in [5.41, 5.74) is 2.72. The lowest BCUT2D eigenvalue weighted by atomic mass is 10.1. The molecule has 3 heteroatoms. The summed E-state index contributed by atoms with van der Waals surface area (Å²) in [6.07, 6.45) is 0.337. The van der Waals surface area contributed by atoms with E-state index >= 15 is 0 Å². The molecule has 0 atom stereocenters. The average molecular weight is 234 g/mol. The topological polar surface area (TPSA) is 30.0 Å². The summed E-state index contributed by atoms with van der Waals surface area (Å²) in [5.74, 6) is 0.0926. The number of hydrogen-bond acceptors (Lipinski definition) is 2. The monoisotopic (exact) mass is 233 g/mol. The lowest BCUT2D eigenvalue weighted by Crippen LogP contribution is -1.99. The summed E-state index contributed by atoms with van der Waals surface area (Å²) in [5, 5.41) is 1.60. The van der Waals surface area contributed by atoms with Crippen LogP contribution in [0.2, 0.25) is 5.02 Å². The van der Waals surface area contributed by atoms with E-state index in [9.17, 15) is 4.79 Å². The van der Waals surface area contributed by atoms with Crippen LogP contribution >= 0.6 is 11.6 Å². The molecule has 82 valence electrons. The molecule has 0 N–H and O–H groups in total. The number of ketones is 1. The Labute approximate surface area is 99.3 Å². The van der Waals surface area contributed by atoms with Crippen LogP contribution in [-0.2, 0) is 11.2 Å². The molecule has 2 nitrogen and oxygen atoms in total. The van der Waals surface area contributed by atoms with Crippen molar-refractivity contribution in [3.05, 3.63) is 40.5 Å². The van der Waals surface area contributed by atoms with Crippen LogP contribution in [0.25, 0.3) is 10.9 Å². The van der Waals surface area contributed by atoms with Crippen LogP contribution in [0.1, 0.15) is 18.2 Å². The normalized spacial score (nSPS) is 10.7. The van der Waals surface area contributed by atoms with Crippen molar-refractivity contribution in [2.45, 2.75) is 20.3 Å². The fourth-order valence-corrected chi connectivity index (χ4v) is 1.97. The molecule has 0 amide bonds. The van der Waals surface area contributed by atoms with Crippen LogP contribution in [0, 0.1) is 6.92 Å². The molecule has 0 aliphatic rings. The molecule has 0 unspecified atom stereocenters. The Balaban J connectivity index is 2.59. The predicted molar refractivity (Wildman–Crippen MR) is 65.9 cm³/mol. The molecule has 0 aliphatic heterocycles. The van der Waals surface area contributed by atoms with E-state index in [0.717, 1.165) is 22.2 Å². The van der Waals surface area contributed by atoms with Crippen LogP contribution in [-0.4, -0.2) is 10.8 Å². The fraction of sp³-hybridized carbons (Fsp3) is 0.231. The summed E-state index contributed by atoms with van der Waals surface area (Å²) in [6, 6.07) is 7.69. The second kappa shape index (κ2) is 4.22. The van der Waals surface area contributed by atoms with Gasteiger partial charge < -0.3 is 0 Å². The first-order valence-electron chi connectivity index (χ1n) is 5.11. The van der Waals surface area contributed by atoms with E-state index in [-0.39, 0.29) is 5.78 Å². The molecule has 2 rings (SSSR count). The van der Waals surface area contributed by atoms with E-state index in [1.807, 2.05) is 25.1 Å². The minimum Gasteiger partial charge on any atom is -0.300 e. The van der Waals surface area contributed by atoms with Gasteiger partial charge in [-0.2, -0.15) is 0 Å². The Bertz CT molecular complexity index is 563. The summed E-state index contributed by atoms with van der Waals surface area (Å²) in [4.78, 5) is 15.4. The number of pyridine rings is 1. The highest BCUT2D eigenvalue weighted by Crippen LogP contribution is 2.24. The predicted octanol–water partition coefficient (Wildman–Crippen LogP) is 3.33. The maximum Gasteiger partial charge on any atom is 0.135 e. The van der Waals surface area contributed by atoms with Crippen LogP contribution in [0.4, 0.5) is 0 Å². The van der Waals surface area contributed by atoms with E-state index in [4.69, 9.17) is 11.6 Å². The third kappa shape index (κ3) is 2.22. The molecule has 0 spiro atoms. The highest BCUT2D eigenvalue weighted by Gasteiger charge is 2.06. The van der Waals surface area contributed by atoms with Gasteiger partial charge in [-0.25, -0.2) is 0 Å². The van der Waals surface area contributed by atoms with Crippen LogP contribution in [0.3, 0.4) is 0 Å². The number of benzene rings is 1. The SMILES string of the molecule is CC(=O)Cc1cc(Cl)c2cc(C)ccc2n1. The van der Waals surface area contributed by atoms with Gasteiger partial charge >= 0.3 is 0 Å². The molecule has 0 saturated heterocycles. The molecule has 0 fully saturated rings. The molecule has 0 saturated carbocycles. The molecular weight excluding hydrogens is 222 g/mol. The van der Waals surface area contributed by atoms with Crippen LogP contribution in [0.15, 0.2) is 24.3 Å². The first kappa shape index (κ1) is 11.1. The zero-order valence-electron chi connectivity index (χ0n) is 9.25. The van der Waals surface area contributed by atoms with E-state index < -0.39 is 0 Å². The largest absolute Gasteiger partial charge is 0.300 e. The fourth-order valence-electron chi connectivity index (χ4n) is 1.70. The number of nitrogens with zero attached hydrogens (tertiary/aromatic N) is 1.